The molecule has 21 saturated heterocycles. The van der Waals surface area contributed by atoms with Gasteiger partial charge in [0, 0.05) is 6.54 Å². The molecule has 2 aromatic carbocycles. The van der Waals surface area contributed by atoms with Crippen LogP contribution in [0.4, 0.5) is 0 Å². The fourth-order valence-corrected chi connectivity index (χ4v) is 13.9. The van der Waals surface area contributed by atoms with Crippen LogP contribution < -0.4 is 16.2 Å². The Labute approximate surface area is 608 Å². The Morgan fingerprint density at radius 3 is 0.879 bits per heavy atom. The molecular formula is C65H97N3O39. The van der Waals surface area contributed by atoms with E-state index in [1.807, 2.05) is 30.3 Å². The van der Waals surface area contributed by atoms with Crippen molar-refractivity contribution in [2.24, 2.45) is 28.3 Å². The molecule has 21 heterocycles. The normalized spacial score (nSPS) is 45.0. The van der Waals surface area contributed by atoms with Gasteiger partial charge in [-0.3, -0.25) is 9.79 Å². The Kier molecular flexibility index (Phi) is 30.2. The van der Waals surface area contributed by atoms with E-state index in [4.69, 9.17) is 87.3 Å². The number of aliphatic hydroxyl groups is 21. The maximum absolute atomic E-state index is 12.7. The molecule has 0 aromatic heterocycles. The molecule has 1 saturated carbocycles. The molecule has 2 aromatic rings. The van der Waals surface area contributed by atoms with Crippen molar-refractivity contribution in [2.75, 3.05) is 52.8 Å². The summed E-state index contributed by atoms with van der Waals surface area (Å²) in [6.45, 7) is -6.59. The Morgan fingerprint density at radius 2 is 0.617 bits per heavy atom. The van der Waals surface area contributed by atoms with Crippen LogP contribution in [0, 0.1) is 11.8 Å². The number of esters is 2. The summed E-state index contributed by atoms with van der Waals surface area (Å²) in [4.78, 5) is 29.2. The van der Waals surface area contributed by atoms with Crippen LogP contribution >= 0.6 is 0 Å². The number of hydrogen-bond donors (Lipinski definition) is 23. The molecule has 1 aliphatic carbocycles. The number of benzene rings is 2. The second-order valence-corrected chi connectivity index (χ2v) is 27.1. The summed E-state index contributed by atoms with van der Waals surface area (Å²) < 4.78 is 90.4. The van der Waals surface area contributed by atoms with E-state index >= 15 is 0 Å². The van der Waals surface area contributed by atoms with E-state index in [-0.39, 0.29) is 35.8 Å². The number of aliphatic hydroxyl groups excluding tert-OH is 21. The summed E-state index contributed by atoms with van der Waals surface area (Å²) in [6.07, 6.45) is -67.1. The lowest BCUT2D eigenvalue weighted by Crippen LogP contribution is -2.68. The summed E-state index contributed by atoms with van der Waals surface area (Å²) in [6, 6.07) is 16.1. The van der Waals surface area contributed by atoms with E-state index in [1.54, 1.807) is 24.3 Å². The highest BCUT2D eigenvalue weighted by Gasteiger charge is 2.60. The average molecular weight is 1540 g/mol. The topological polar surface area (TPSA) is 671 Å². The van der Waals surface area contributed by atoms with Crippen LogP contribution in [0.3, 0.4) is 0 Å². The first kappa shape index (κ1) is 84.7. The average Bonchev–Trinajstić information content (AvgIpc) is 0.792. The fourth-order valence-electron chi connectivity index (χ4n) is 13.9. The van der Waals surface area contributed by atoms with Crippen LogP contribution in [0.2, 0.25) is 0 Å². The van der Waals surface area contributed by atoms with Crippen molar-refractivity contribution in [2.45, 2.75) is 247 Å². The van der Waals surface area contributed by atoms with E-state index in [9.17, 15) is 117 Å². The third-order valence-corrected chi connectivity index (χ3v) is 20.0. The molecule has 0 radical (unpaired) electrons. The number of aliphatic imine (C=N–C) groups is 1. The molecule has 35 unspecified atom stereocenters. The van der Waals surface area contributed by atoms with Gasteiger partial charge in [0.1, 0.15) is 189 Å². The quantitative estimate of drug-likeness (QED) is 0.0361. The summed E-state index contributed by atoms with van der Waals surface area (Å²) in [5.41, 5.74) is 11.9. The second-order valence-electron chi connectivity index (χ2n) is 27.1. The van der Waals surface area contributed by atoms with Crippen molar-refractivity contribution in [3.8, 4) is 5.75 Å². The van der Waals surface area contributed by atoms with Gasteiger partial charge in [-0.15, -0.1) is 0 Å². The zero-order valence-corrected chi connectivity index (χ0v) is 57.1. The van der Waals surface area contributed by atoms with Gasteiger partial charge in [-0.25, -0.2) is 4.79 Å². The van der Waals surface area contributed by atoms with Gasteiger partial charge in [0.15, 0.2) is 50.0 Å². The minimum atomic E-state index is -2.21. The number of carbonyl (C=O) groups excluding carboxylic acids is 2. The Morgan fingerprint density at radius 1 is 0.355 bits per heavy atom. The molecule has 42 heteroatoms. The second kappa shape index (κ2) is 38.2. The van der Waals surface area contributed by atoms with Crippen molar-refractivity contribution in [3.05, 3.63) is 65.7 Å². The molecule has 22 fully saturated rings. The first-order chi connectivity index (χ1) is 51.2. The van der Waals surface area contributed by atoms with Crippen LogP contribution in [0.5, 0.6) is 5.75 Å². The molecule has 25 N–H and O–H groups in total. The van der Waals surface area contributed by atoms with Gasteiger partial charge in [0.05, 0.1) is 52.2 Å². The maximum Gasteiger partial charge on any atom is 0.342 e. The van der Waals surface area contributed by atoms with Crippen LogP contribution in [0.1, 0.15) is 41.6 Å². The minimum Gasteiger partial charge on any atom is -0.457 e. The third-order valence-electron chi connectivity index (χ3n) is 20.0. The van der Waals surface area contributed by atoms with Gasteiger partial charge in [-0.2, -0.15) is 0 Å². The third kappa shape index (κ3) is 19.1. The molecule has 24 rings (SSSR count). The van der Waals surface area contributed by atoms with Crippen LogP contribution in [0.15, 0.2) is 59.6 Å². The highest BCUT2D eigenvalue weighted by molar-refractivity contribution is 5.93. The van der Waals surface area contributed by atoms with Gasteiger partial charge in [0.2, 0.25) is 0 Å². The van der Waals surface area contributed by atoms with E-state index < -0.39 is 267 Å². The molecule has 35 atom stereocenters. The molecule has 606 valence electrons. The van der Waals surface area contributed by atoms with E-state index in [2.05, 4.69) is 4.99 Å². The SMILES string of the molecule is NC(N)=NCC1CCC(C(=O)Oc2ccccc2C(=O)OCc2ccccc2)CC1.OCC1OC2OC3C(CO)OC(OC4C(CO)OC(OC5C(CO)OC(OC6C(CO)OC(OC7C(CO)OC(OC8C(CO)OC(OC1C(O)C2O)C(O)C8O)C(O)C7O)C(O)C6O)C(O)C5O)C(O)C4O)C(O)C3O. The van der Waals surface area contributed by atoms with Gasteiger partial charge >= 0.3 is 11.9 Å². The summed E-state index contributed by atoms with van der Waals surface area (Å²) in [7, 11) is 0. The van der Waals surface area contributed by atoms with Crippen molar-refractivity contribution in [1.82, 2.24) is 0 Å². The van der Waals surface area contributed by atoms with Crippen LogP contribution in [-0.4, -0.2) is 393 Å². The number of ether oxygens (including phenoxy) is 16. The van der Waals surface area contributed by atoms with Crippen molar-refractivity contribution < 1.29 is 193 Å². The highest BCUT2D eigenvalue weighted by atomic mass is 16.8. The first-order valence-corrected chi connectivity index (χ1v) is 34.7. The molecular weight excluding hydrogens is 1450 g/mol. The highest BCUT2D eigenvalue weighted by Crippen LogP contribution is 2.40. The lowest BCUT2D eigenvalue weighted by molar-refractivity contribution is -0.396. The molecule has 0 spiro atoms. The molecule has 21 aliphatic heterocycles. The number of para-hydroxylation sites is 1. The molecule has 22 aliphatic rings. The van der Waals surface area contributed by atoms with Gasteiger partial charge in [-0.05, 0) is 49.3 Å². The van der Waals surface area contributed by atoms with Crippen molar-refractivity contribution in [1.29, 1.82) is 0 Å². The van der Waals surface area contributed by atoms with Crippen LogP contribution in [-0.2, 0) is 82.5 Å². The number of hydrogen-bond acceptors (Lipinski definition) is 40. The number of rotatable bonds is 14. The van der Waals surface area contributed by atoms with E-state index in [0.717, 1.165) is 18.4 Å². The molecule has 14 bridgehead atoms. The van der Waals surface area contributed by atoms with Crippen molar-refractivity contribution in [3.63, 3.8) is 0 Å². The predicted molar refractivity (Wildman–Crippen MR) is 342 cm³/mol. The largest absolute Gasteiger partial charge is 0.457 e. The van der Waals surface area contributed by atoms with E-state index in [0.29, 0.717) is 25.3 Å². The molecule has 107 heavy (non-hydrogen) atoms. The van der Waals surface area contributed by atoms with Crippen molar-refractivity contribution >= 4 is 17.9 Å². The van der Waals surface area contributed by atoms with E-state index in [1.165, 1.54) is 0 Å². The van der Waals surface area contributed by atoms with Gasteiger partial charge in [-0.1, -0.05) is 42.5 Å². The molecule has 42 nitrogen and oxygen atoms in total. The summed E-state index contributed by atoms with van der Waals surface area (Å²) >= 11 is 0. The number of carbonyl (C=O) groups is 2. The molecule has 0 amide bonds. The number of nitrogens with two attached hydrogens (primary N) is 2. The number of guanidine groups is 1. The number of nitrogens with zero attached hydrogens (tertiary/aromatic N) is 1. The predicted octanol–water partition coefficient (Wildman–Crippen LogP) is -12.2. The zero-order chi connectivity index (χ0) is 77.4. The Hall–Kier alpha value is -4.75. The van der Waals surface area contributed by atoms with Gasteiger partial charge < -0.3 is 194 Å². The summed E-state index contributed by atoms with van der Waals surface area (Å²) in [5, 5.41) is 230. The Bertz CT molecular complexity index is 2750. The minimum absolute atomic E-state index is 0.0901. The maximum atomic E-state index is 12.7. The zero-order valence-electron chi connectivity index (χ0n) is 57.1. The van der Waals surface area contributed by atoms with Crippen LogP contribution in [0.25, 0.3) is 0 Å². The first-order valence-electron chi connectivity index (χ1n) is 34.7. The smallest absolute Gasteiger partial charge is 0.342 e. The standard InChI is InChI=1S/C42H70O35.C23H27N3O4/c43-1-8-29-15(50)22(57)36(64-8)72-30-9(2-44)66-38(24(59)17(30)52)74-32-11(4-46)68-40(26(61)19(32)54)76-34-13(6-48)70-42(28(63)21(34)56)77-35-14(7-49)69-41(27(62)20(35)55)75-33-12(5-47)67-39(25(60)18(33)53)73-31-10(3-45)65-37(71-29)23(58)16(31)51;24-23(25)26-14-16-10-12-18(13-11-16)21(27)30-20-9-5-4-8-19(20)22(28)29-15-17-6-2-1-3-7-17/h8-63H,1-7H2;1-9,16,18H,10-15H2,(H4,24,25,26). The van der Waals surface area contributed by atoms with Gasteiger partial charge in [0.25, 0.3) is 0 Å². The Balaban J connectivity index is 0.000000339. The lowest BCUT2D eigenvalue weighted by atomic mass is 9.82. The monoisotopic (exact) mass is 1540 g/mol. The lowest BCUT2D eigenvalue weighted by Gasteiger charge is -2.50. The fraction of sp³-hybridized carbons (Fsp3) is 0.769. The summed E-state index contributed by atoms with van der Waals surface area (Å²) in [5.74, 6) is -0.359.